The van der Waals surface area contributed by atoms with Gasteiger partial charge in [0.05, 0.1) is 31.2 Å². The van der Waals surface area contributed by atoms with Crippen molar-refractivity contribution in [2.75, 3.05) is 26.8 Å². The van der Waals surface area contributed by atoms with E-state index in [0.717, 1.165) is 10.7 Å². The highest BCUT2D eigenvalue weighted by atomic mass is 32.1. The van der Waals surface area contributed by atoms with Crippen LogP contribution in [0.3, 0.4) is 0 Å². The molecule has 138 valence electrons. The van der Waals surface area contributed by atoms with Crippen LogP contribution in [0.25, 0.3) is 4.96 Å². The minimum absolute atomic E-state index is 0.0506. The van der Waals surface area contributed by atoms with E-state index in [9.17, 15) is 4.79 Å². The summed E-state index contributed by atoms with van der Waals surface area (Å²) in [5.41, 5.74) is 0.783. The van der Waals surface area contributed by atoms with Crippen LogP contribution in [0.4, 0.5) is 0 Å². The zero-order valence-electron chi connectivity index (χ0n) is 14.3. The maximum absolute atomic E-state index is 12.6. The zero-order valence-corrected chi connectivity index (χ0v) is 15.1. The third kappa shape index (κ3) is 3.76. The third-order valence-corrected chi connectivity index (χ3v) is 4.92. The van der Waals surface area contributed by atoms with Crippen LogP contribution in [-0.4, -0.2) is 63.2 Å². The van der Waals surface area contributed by atoms with Gasteiger partial charge in [0, 0.05) is 38.0 Å². The summed E-state index contributed by atoms with van der Waals surface area (Å²) < 4.78 is 17.9. The number of aromatic nitrogens is 4. The highest BCUT2D eigenvalue weighted by Gasteiger charge is 2.26. The van der Waals surface area contributed by atoms with Gasteiger partial charge in [-0.25, -0.2) is 4.98 Å². The average molecular weight is 377 g/mol. The number of morpholine rings is 1. The number of methoxy groups -OCH3 is 1. The Kier molecular flexibility index (Phi) is 4.96. The lowest BCUT2D eigenvalue weighted by atomic mass is 10.2. The smallest absolute Gasteiger partial charge is 0.229 e. The Morgan fingerprint density at radius 2 is 2.38 bits per heavy atom. The lowest BCUT2D eigenvalue weighted by Gasteiger charge is -2.32. The van der Waals surface area contributed by atoms with Crippen molar-refractivity contribution >= 4 is 22.2 Å². The second kappa shape index (κ2) is 7.52. The van der Waals surface area contributed by atoms with Crippen molar-refractivity contribution in [3.05, 3.63) is 35.2 Å². The summed E-state index contributed by atoms with van der Waals surface area (Å²) in [5, 5.41) is 5.81. The summed E-state index contributed by atoms with van der Waals surface area (Å²) in [4.78, 5) is 24.0. The molecule has 3 aromatic heterocycles. The van der Waals surface area contributed by atoms with E-state index < -0.39 is 0 Å². The van der Waals surface area contributed by atoms with Gasteiger partial charge in [-0.05, 0) is 0 Å². The first-order chi connectivity index (χ1) is 12.7. The number of rotatable bonds is 6. The molecule has 3 aromatic rings. The molecule has 1 saturated heterocycles. The van der Waals surface area contributed by atoms with Crippen LogP contribution in [0.5, 0.6) is 0 Å². The number of thiazole rings is 1. The van der Waals surface area contributed by atoms with E-state index in [1.54, 1.807) is 18.4 Å². The molecule has 0 N–H and O–H groups in total. The molecular weight excluding hydrogens is 358 g/mol. The van der Waals surface area contributed by atoms with Crippen LogP contribution >= 0.6 is 11.3 Å². The standard InChI is InChI=1S/C16H19N5O4S/c1-23-10-13-18-14(25-19-13)7-12-9-20(2-4-24-12)15(22)6-11-8-21-3-5-26-16(21)17-11/h3,5,8,12H,2,4,6-7,9-10H2,1H3/t12-/m0/s1. The van der Waals surface area contributed by atoms with Gasteiger partial charge in [-0.2, -0.15) is 4.98 Å². The van der Waals surface area contributed by atoms with Gasteiger partial charge in [-0.15, -0.1) is 11.3 Å². The zero-order chi connectivity index (χ0) is 17.9. The largest absolute Gasteiger partial charge is 0.377 e. The molecule has 1 aliphatic heterocycles. The number of amides is 1. The van der Waals surface area contributed by atoms with Crippen LogP contribution < -0.4 is 0 Å². The highest BCUT2D eigenvalue weighted by molar-refractivity contribution is 7.15. The molecule has 0 aliphatic carbocycles. The quantitative estimate of drug-likeness (QED) is 0.631. The number of ether oxygens (including phenoxy) is 2. The van der Waals surface area contributed by atoms with Crippen molar-refractivity contribution in [2.45, 2.75) is 25.6 Å². The van der Waals surface area contributed by atoms with E-state index in [1.807, 2.05) is 27.1 Å². The summed E-state index contributed by atoms with van der Waals surface area (Å²) in [5.74, 6) is 1.05. The molecule has 26 heavy (non-hydrogen) atoms. The summed E-state index contributed by atoms with van der Waals surface area (Å²) >= 11 is 1.55. The molecule has 4 heterocycles. The molecule has 0 spiro atoms. The Hall–Kier alpha value is -2.30. The number of hydrogen-bond acceptors (Lipinski definition) is 8. The second-order valence-electron chi connectivity index (χ2n) is 6.08. The topological polar surface area (TPSA) is 95.0 Å². The van der Waals surface area contributed by atoms with Crippen LogP contribution in [-0.2, 0) is 33.7 Å². The van der Waals surface area contributed by atoms with Crippen LogP contribution in [0.2, 0.25) is 0 Å². The van der Waals surface area contributed by atoms with Crippen molar-refractivity contribution in [1.29, 1.82) is 0 Å². The van der Waals surface area contributed by atoms with Crippen molar-refractivity contribution in [3.8, 4) is 0 Å². The van der Waals surface area contributed by atoms with Crippen molar-refractivity contribution in [2.24, 2.45) is 0 Å². The van der Waals surface area contributed by atoms with E-state index >= 15 is 0 Å². The molecule has 0 radical (unpaired) electrons. The number of hydrogen-bond donors (Lipinski definition) is 0. The SMILES string of the molecule is COCc1noc(C[C@H]2CN(C(=O)Cc3cn4ccsc4n3)CCO2)n1. The Morgan fingerprint density at radius 1 is 1.46 bits per heavy atom. The summed E-state index contributed by atoms with van der Waals surface area (Å²) in [6.07, 6.45) is 4.44. The predicted molar refractivity (Wildman–Crippen MR) is 91.8 cm³/mol. The lowest BCUT2D eigenvalue weighted by molar-refractivity contribution is -0.138. The highest BCUT2D eigenvalue weighted by Crippen LogP contribution is 2.15. The molecule has 1 aliphatic rings. The van der Waals surface area contributed by atoms with E-state index in [2.05, 4.69) is 15.1 Å². The second-order valence-corrected chi connectivity index (χ2v) is 6.95. The molecule has 0 aromatic carbocycles. The van der Waals surface area contributed by atoms with Crippen LogP contribution in [0.15, 0.2) is 22.3 Å². The van der Waals surface area contributed by atoms with Gasteiger partial charge in [-0.1, -0.05) is 5.16 Å². The van der Waals surface area contributed by atoms with E-state index in [1.165, 1.54) is 0 Å². The molecule has 1 amide bonds. The normalized spacial score (nSPS) is 17.9. The van der Waals surface area contributed by atoms with Crippen LogP contribution in [0, 0.1) is 0 Å². The van der Waals surface area contributed by atoms with E-state index in [-0.39, 0.29) is 12.0 Å². The molecule has 0 saturated carbocycles. The molecule has 10 heteroatoms. The van der Waals surface area contributed by atoms with Gasteiger partial charge in [0.15, 0.2) is 10.8 Å². The average Bonchev–Trinajstić information content (AvgIpc) is 3.32. The number of fused-ring (bicyclic) bond motifs is 1. The molecule has 4 rings (SSSR count). The first kappa shape index (κ1) is 17.1. The lowest BCUT2D eigenvalue weighted by Crippen LogP contribution is -2.47. The third-order valence-electron chi connectivity index (χ3n) is 4.15. The van der Waals surface area contributed by atoms with Crippen molar-refractivity contribution in [1.82, 2.24) is 24.4 Å². The molecular formula is C16H19N5O4S. The van der Waals surface area contributed by atoms with Gasteiger partial charge in [0.25, 0.3) is 0 Å². The maximum atomic E-state index is 12.6. The van der Waals surface area contributed by atoms with Gasteiger partial charge in [0.1, 0.15) is 6.61 Å². The Morgan fingerprint density at radius 3 is 3.23 bits per heavy atom. The number of nitrogens with zero attached hydrogens (tertiary/aromatic N) is 5. The molecule has 1 fully saturated rings. The fourth-order valence-electron chi connectivity index (χ4n) is 2.95. The summed E-state index contributed by atoms with van der Waals surface area (Å²) in [7, 11) is 1.58. The molecule has 0 bridgehead atoms. The maximum Gasteiger partial charge on any atom is 0.229 e. The van der Waals surface area contributed by atoms with Gasteiger partial charge in [0.2, 0.25) is 11.8 Å². The van der Waals surface area contributed by atoms with Crippen molar-refractivity contribution < 1.29 is 18.8 Å². The molecule has 9 nitrogen and oxygen atoms in total. The fourth-order valence-corrected chi connectivity index (χ4v) is 3.67. The predicted octanol–water partition coefficient (Wildman–Crippen LogP) is 0.938. The van der Waals surface area contributed by atoms with Crippen molar-refractivity contribution in [3.63, 3.8) is 0 Å². The Balaban J connectivity index is 1.34. The molecule has 1 atom stereocenters. The Bertz CT molecular complexity index is 860. The minimum atomic E-state index is -0.158. The summed E-state index contributed by atoms with van der Waals surface area (Å²) in [6, 6.07) is 0. The number of imidazole rings is 1. The number of carbonyl (C=O) groups is 1. The molecule has 0 unspecified atom stereocenters. The monoisotopic (exact) mass is 377 g/mol. The van der Waals surface area contributed by atoms with E-state index in [0.29, 0.717) is 50.9 Å². The number of carbonyl (C=O) groups excluding carboxylic acids is 1. The summed E-state index contributed by atoms with van der Waals surface area (Å²) in [6.45, 7) is 1.88. The van der Waals surface area contributed by atoms with E-state index in [4.69, 9.17) is 14.0 Å². The first-order valence-corrected chi connectivity index (χ1v) is 9.20. The van der Waals surface area contributed by atoms with Gasteiger partial charge >= 0.3 is 0 Å². The first-order valence-electron chi connectivity index (χ1n) is 8.32. The van der Waals surface area contributed by atoms with Gasteiger partial charge < -0.3 is 18.9 Å². The van der Waals surface area contributed by atoms with Crippen LogP contribution in [0.1, 0.15) is 17.4 Å². The minimum Gasteiger partial charge on any atom is -0.377 e. The fraction of sp³-hybridized carbons (Fsp3) is 0.500. The Labute approximate surface area is 153 Å². The van der Waals surface area contributed by atoms with Gasteiger partial charge in [-0.3, -0.25) is 9.20 Å².